The quantitative estimate of drug-likeness (QED) is 0.824. The van der Waals surface area contributed by atoms with E-state index in [0.29, 0.717) is 18.2 Å². The van der Waals surface area contributed by atoms with Crippen LogP contribution in [-0.4, -0.2) is 40.1 Å². The number of hydrogen-bond donors (Lipinski definition) is 2. The van der Waals surface area contributed by atoms with Crippen LogP contribution in [0.25, 0.3) is 0 Å². The summed E-state index contributed by atoms with van der Waals surface area (Å²) >= 11 is 0. The number of aliphatic carboxylic acids is 2. The number of nitriles is 1. The minimum Gasteiger partial charge on any atom is -0.478 e. The molecule has 1 atom stereocenters. The van der Waals surface area contributed by atoms with E-state index >= 15 is 0 Å². The fraction of sp³-hybridized carbons (Fsp3) is 0.312. The predicted molar refractivity (Wildman–Crippen MR) is 79.9 cm³/mol. The molecule has 1 aromatic carbocycles. The van der Waals surface area contributed by atoms with E-state index in [1.807, 2.05) is 6.07 Å². The van der Waals surface area contributed by atoms with Crippen molar-refractivity contribution in [1.29, 1.82) is 5.26 Å². The van der Waals surface area contributed by atoms with E-state index in [0.717, 1.165) is 13.1 Å². The van der Waals surface area contributed by atoms with Gasteiger partial charge in [-0.25, -0.2) is 9.59 Å². The van der Waals surface area contributed by atoms with E-state index in [2.05, 4.69) is 42.2 Å². The lowest BCUT2D eigenvalue weighted by Crippen LogP contribution is -2.46. The third-order valence-corrected chi connectivity index (χ3v) is 3.29. The molecule has 1 unspecified atom stereocenters. The third-order valence-electron chi connectivity index (χ3n) is 3.29. The van der Waals surface area contributed by atoms with Gasteiger partial charge in [0, 0.05) is 31.3 Å². The summed E-state index contributed by atoms with van der Waals surface area (Å²) in [5.74, 6) is -2.26. The van der Waals surface area contributed by atoms with Gasteiger partial charge in [-0.2, -0.15) is 5.26 Å². The standard InChI is InChI=1S/C12H14N2.C4H4O4/c1-10(12-5-3-2-4-6-12)14-8-11(7-13)9-14;5-3(6)1-2-4(7)8/h2-6,10-11H,8-9H2,1H3;1-2H,(H,5,6)(H,7,8)/b;2-1-. The number of likely N-dealkylation sites (tertiary alicyclic amines) is 1. The molecule has 0 amide bonds. The number of carboxylic acid groups (broad SMARTS) is 2. The lowest BCUT2D eigenvalue weighted by atomic mass is 9.96. The van der Waals surface area contributed by atoms with Crippen LogP contribution >= 0.6 is 0 Å². The van der Waals surface area contributed by atoms with Crippen molar-refractivity contribution in [2.24, 2.45) is 5.92 Å². The van der Waals surface area contributed by atoms with E-state index in [4.69, 9.17) is 15.5 Å². The van der Waals surface area contributed by atoms with E-state index in [9.17, 15) is 9.59 Å². The highest BCUT2D eigenvalue weighted by molar-refractivity contribution is 5.89. The van der Waals surface area contributed by atoms with E-state index in [1.165, 1.54) is 5.56 Å². The SMILES string of the molecule is CC(c1ccccc1)N1CC(C#N)C1.O=C(O)/C=C\C(=O)O. The number of hydrogen-bond acceptors (Lipinski definition) is 4. The molecule has 116 valence electrons. The zero-order chi connectivity index (χ0) is 16.5. The van der Waals surface area contributed by atoms with Crippen molar-refractivity contribution in [1.82, 2.24) is 4.90 Å². The summed E-state index contributed by atoms with van der Waals surface area (Å²) in [5, 5.41) is 24.3. The van der Waals surface area contributed by atoms with Crippen LogP contribution in [0.1, 0.15) is 18.5 Å². The molecule has 0 radical (unpaired) electrons. The highest BCUT2D eigenvalue weighted by Crippen LogP contribution is 2.27. The van der Waals surface area contributed by atoms with Crippen molar-refractivity contribution in [3.05, 3.63) is 48.0 Å². The van der Waals surface area contributed by atoms with Gasteiger partial charge >= 0.3 is 11.9 Å². The molecule has 2 rings (SSSR count). The van der Waals surface area contributed by atoms with Crippen molar-refractivity contribution in [2.45, 2.75) is 13.0 Å². The van der Waals surface area contributed by atoms with Gasteiger partial charge in [0.15, 0.2) is 0 Å². The molecule has 6 nitrogen and oxygen atoms in total. The number of rotatable bonds is 4. The molecule has 1 aliphatic heterocycles. The Hall–Kier alpha value is -2.65. The maximum Gasteiger partial charge on any atom is 0.328 e. The lowest BCUT2D eigenvalue weighted by molar-refractivity contribution is -0.134. The minimum atomic E-state index is -1.26. The number of carbonyl (C=O) groups is 2. The van der Waals surface area contributed by atoms with Gasteiger partial charge in [0.2, 0.25) is 0 Å². The first-order valence-electron chi connectivity index (χ1n) is 6.76. The Balaban J connectivity index is 0.000000261. The highest BCUT2D eigenvalue weighted by atomic mass is 16.4. The van der Waals surface area contributed by atoms with E-state index in [1.54, 1.807) is 0 Å². The smallest absolute Gasteiger partial charge is 0.328 e. The predicted octanol–water partition coefficient (Wildman–Crippen LogP) is 1.91. The van der Waals surface area contributed by atoms with E-state index < -0.39 is 11.9 Å². The summed E-state index contributed by atoms with van der Waals surface area (Å²) in [7, 11) is 0. The second-order valence-corrected chi connectivity index (χ2v) is 4.88. The van der Waals surface area contributed by atoms with E-state index in [-0.39, 0.29) is 5.92 Å². The maximum atomic E-state index is 9.55. The number of carboxylic acids is 2. The van der Waals surface area contributed by atoms with Crippen LogP contribution < -0.4 is 0 Å². The van der Waals surface area contributed by atoms with Gasteiger partial charge in [0.05, 0.1) is 12.0 Å². The van der Waals surface area contributed by atoms with Crippen molar-refractivity contribution in [3.63, 3.8) is 0 Å². The number of benzene rings is 1. The first-order valence-corrected chi connectivity index (χ1v) is 6.76. The molecule has 1 heterocycles. The van der Waals surface area contributed by atoms with Gasteiger partial charge in [-0.15, -0.1) is 0 Å². The van der Waals surface area contributed by atoms with Crippen LogP contribution in [-0.2, 0) is 9.59 Å². The van der Waals surface area contributed by atoms with Gasteiger partial charge in [0.25, 0.3) is 0 Å². The Labute approximate surface area is 128 Å². The molecule has 22 heavy (non-hydrogen) atoms. The molecule has 1 saturated heterocycles. The molecule has 6 heteroatoms. The molecule has 0 aliphatic carbocycles. The lowest BCUT2D eigenvalue weighted by Gasteiger charge is -2.40. The molecular formula is C16H18N2O4. The fourth-order valence-corrected chi connectivity index (χ4v) is 2.00. The second kappa shape index (κ2) is 8.60. The van der Waals surface area contributed by atoms with Gasteiger partial charge in [0.1, 0.15) is 0 Å². The molecular weight excluding hydrogens is 284 g/mol. The average molecular weight is 302 g/mol. The van der Waals surface area contributed by atoms with Crippen LogP contribution in [0.3, 0.4) is 0 Å². The third kappa shape index (κ3) is 5.77. The van der Waals surface area contributed by atoms with Gasteiger partial charge in [-0.1, -0.05) is 30.3 Å². The van der Waals surface area contributed by atoms with Gasteiger partial charge in [-0.3, -0.25) is 4.90 Å². The summed E-state index contributed by atoms with van der Waals surface area (Å²) in [5.41, 5.74) is 1.34. The summed E-state index contributed by atoms with van der Waals surface area (Å²) in [6.45, 7) is 4.04. The molecule has 1 aliphatic rings. The molecule has 1 fully saturated rings. The Morgan fingerprint density at radius 2 is 1.73 bits per heavy atom. The largest absolute Gasteiger partial charge is 0.478 e. The molecule has 0 spiro atoms. The Kier molecular flexibility index (Phi) is 6.80. The minimum absolute atomic E-state index is 0.251. The monoisotopic (exact) mass is 302 g/mol. The summed E-state index contributed by atoms with van der Waals surface area (Å²) < 4.78 is 0. The van der Waals surface area contributed by atoms with Crippen LogP contribution in [0.4, 0.5) is 0 Å². The fourth-order valence-electron chi connectivity index (χ4n) is 2.00. The van der Waals surface area contributed by atoms with Crippen LogP contribution in [0.2, 0.25) is 0 Å². The summed E-state index contributed by atoms with van der Waals surface area (Å²) in [6, 6.07) is 13.2. The van der Waals surface area contributed by atoms with Crippen LogP contribution in [0, 0.1) is 17.2 Å². The maximum absolute atomic E-state index is 9.55. The van der Waals surface area contributed by atoms with Crippen LogP contribution in [0.5, 0.6) is 0 Å². The topological polar surface area (TPSA) is 102 Å². The van der Waals surface area contributed by atoms with Crippen LogP contribution in [0.15, 0.2) is 42.5 Å². The Bertz CT molecular complexity index is 556. The number of nitrogens with zero attached hydrogens (tertiary/aromatic N) is 2. The zero-order valence-corrected chi connectivity index (χ0v) is 12.2. The molecule has 2 N–H and O–H groups in total. The molecule has 1 aromatic rings. The average Bonchev–Trinajstić information content (AvgIpc) is 2.45. The molecule has 0 saturated carbocycles. The Morgan fingerprint density at radius 3 is 2.14 bits per heavy atom. The second-order valence-electron chi connectivity index (χ2n) is 4.88. The zero-order valence-electron chi connectivity index (χ0n) is 12.2. The van der Waals surface area contributed by atoms with Gasteiger partial charge in [-0.05, 0) is 12.5 Å². The van der Waals surface area contributed by atoms with Crippen molar-refractivity contribution in [2.75, 3.05) is 13.1 Å². The first-order chi connectivity index (χ1) is 10.4. The van der Waals surface area contributed by atoms with Gasteiger partial charge < -0.3 is 10.2 Å². The van der Waals surface area contributed by atoms with Crippen molar-refractivity contribution >= 4 is 11.9 Å². The normalized spacial score (nSPS) is 16.0. The van der Waals surface area contributed by atoms with Crippen molar-refractivity contribution < 1.29 is 19.8 Å². The Morgan fingerprint density at radius 1 is 1.23 bits per heavy atom. The molecule has 0 aromatic heterocycles. The first kappa shape index (κ1) is 17.4. The summed E-state index contributed by atoms with van der Waals surface area (Å²) in [6.07, 6.45) is 1.12. The van der Waals surface area contributed by atoms with Crippen molar-refractivity contribution in [3.8, 4) is 6.07 Å². The molecule has 0 bridgehead atoms. The summed E-state index contributed by atoms with van der Waals surface area (Å²) in [4.78, 5) is 21.4. The highest BCUT2D eigenvalue weighted by Gasteiger charge is 2.30.